The number of nitrogen functional groups attached to an aromatic ring is 1. The number of nitrogens with two attached hydrogens (primary N) is 1. The summed E-state index contributed by atoms with van der Waals surface area (Å²) in [5.74, 6) is -0.914. The van der Waals surface area contributed by atoms with Crippen LogP contribution in [0.4, 0.5) is 5.69 Å². The normalized spacial score (nSPS) is 14.0. The highest BCUT2D eigenvalue weighted by Crippen LogP contribution is 2.26. The summed E-state index contributed by atoms with van der Waals surface area (Å²) in [7, 11) is -2.32. The maximum absolute atomic E-state index is 14.2. The number of aryl methyl sites for hydroxylation is 1. The minimum Gasteiger partial charge on any atom is -0.493 e. The molecule has 0 aliphatic heterocycles. The number of nitrogens with zero attached hydrogens (tertiary/aromatic N) is 5. The molecule has 1 amide bonds. The molecule has 2 heterocycles. The SMILES string of the molecule is CC(C)CN(C[C@@H](O)[C@H](Cc1ccccc1)NC(=O)[C@H](C(C)C)n1cc(O)n(Cc2nc3ccccc3n2C)c1=O)S(=O)(=O)c1ccc(Cl)c(N)c1. The molecule has 0 aliphatic rings. The summed E-state index contributed by atoms with van der Waals surface area (Å²) in [4.78, 5) is 32.6. The number of carbonyl (C=O) groups is 1. The van der Waals surface area contributed by atoms with E-state index in [1.807, 2.05) is 80.1 Å². The van der Waals surface area contributed by atoms with Crippen LogP contribution in [0.2, 0.25) is 5.02 Å². The summed E-state index contributed by atoms with van der Waals surface area (Å²) in [6.07, 6.45) is 0.0186. The number of aromatic hydroxyl groups is 1. The first-order chi connectivity index (χ1) is 24.6. The summed E-state index contributed by atoms with van der Waals surface area (Å²) in [5.41, 5.74) is 7.82. The zero-order valence-corrected chi connectivity index (χ0v) is 31.4. The molecule has 0 spiro atoms. The molecule has 0 radical (unpaired) electrons. The molecule has 0 fully saturated rings. The fourth-order valence-corrected chi connectivity index (χ4v) is 8.10. The van der Waals surface area contributed by atoms with Gasteiger partial charge in [-0.05, 0) is 54.2 Å². The molecule has 15 heteroatoms. The van der Waals surface area contributed by atoms with E-state index in [0.29, 0.717) is 5.82 Å². The first-order valence-electron chi connectivity index (χ1n) is 17.1. The molecule has 5 rings (SSSR count). The monoisotopic (exact) mass is 751 g/mol. The number of fused-ring (bicyclic) bond motifs is 1. The molecule has 2 aromatic heterocycles. The topological polar surface area (TPSA) is 178 Å². The van der Waals surface area contributed by atoms with Gasteiger partial charge < -0.3 is 25.8 Å². The number of anilines is 1. The van der Waals surface area contributed by atoms with Crippen molar-refractivity contribution in [2.24, 2.45) is 18.9 Å². The van der Waals surface area contributed by atoms with Gasteiger partial charge >= 0.3 is 5.69 Å². The molecule has 0 saturated carbocycles. The molecule has 5 aromatic rings. The number of hydrogen-bond donors (Lipinski definition) is 4. The highest BCUT2D eigenvalue weighted by molar-refractivity contribution is 7.89. The molecule has 0 saturated heterocycles. The van der Waals surface area contributed by atoms with Crippen LogP contribution in [0.25, 0.3) is 11.0 Å². The number of hydrogen-bond acceptors (Lipinski definition) is 8. The first-order valence-corrected chi connectivity index (χ1v) is 18.9. The third-order valence-electron chi connectivity index (χ3n) is 9.02. The lowest BCUT2D eigenvalue weighted by Gasteiger charge is -2.32. The van der Waals surface area contributed by atoms with Crippen molar-refractivity contribution in [1.82, 2.24) is 28.3 Å². The lowest BCUT2D eigenvalue weighted by atomic mass is 9.98. The van der Waals surface area contributed by atoms with Crippen LogP contribution in [0.5, 0.6) is 5.88 Å². The Bertz CT molecular complexity index is 2200. The fraction of sp³-hybridized carbons (Fsp3) is 0.378. The molecule has 3 aromatic carbocycles. The van der Waals surface area contributed by atoms with Crippen molar-refractivity contribution in [3.8, 4) is 5.88 Å². The number of aliphatic hydroxyl groups is 1. The highest BCUT2D eigenvalue weighted by Gasteiger charge is 2.35. The molecule has 3 atom stereocenters. The molecular weight excluding hydrogens is 706 g/mol. The quantitative estimate of drug-likeness (QED) is 0.115. The van der Waals surface area contributed by atoms with Gasteiger partial charge in [-0.15, -0.1) is 0 Å². The Balaban J connectivity index is 1.45. The Morgan fingerprint density at radius 2 is 1.69 bits per heavy atom. The van der Waals surface area contributed by atoms with Crippen molar-refractivity contribution in [3.63, 3.8) is 0 Å². The zero-order valence-electron chi connectivity index (χ0n) is 29.8. The van der Waals surface area contributed by atoms with Gasteiger partial charge in [-0.1, -0.05) is 81.8 Å². The minimum absolute atomic E-state index is 0.0376. The van der Waals surface area contributed by atoms with Gasteiger partial charge in [-0.3, -0.25) is 13.9 Å². The van der Waals surface area contributed by atoms with Crippen LogP contribution in [0, 0.1) is 11.8 Å². The van der Waals surface area contributed by atoms with Crippen LogP contribution in [0.3, 0.4) is 0 Å². The third-order valence-corrected chi connectivity index (χ3v) is 11.2. The van der Waals surface area contributed by atoms with Gasteiger partial charge in [-0.2, -0.15) is 4.31 Å². The Kier molecular flexibility index (Phi) is 11.8. The summed E-state index contributed by atoms with van der Waals surface area (Å²) >= 11 is 6.06. The molecular formula is C37H46ClN7O6S. The average molecular weight is 752 g/mol. The van der Waals surface area contributed by atoms with Gasteiger partial charge in [0, 0.05) is 20.1 Å². The Morgan fingerprint density at radius 3 is 2.33 bits per heavy atom. The van der Waals surface area contributed by atoms with Crippen molar-refractivity contribution in [2.75, 3.05) is 18.8 Å². The Labute approximate surface area is 308 Å². The number of rotatable bonds is 15. The second-order valence-corrected chi connectivity index (χ2v) is 16.1. The maximum atomic E-state index is 14.2. The number of para-hydroxylation sites is 2. The predicted octanol–water partition coefficient (Wildman–Crippen LogP) is 4.16. The van der Waals surface area contributed by atoms with E-state index >= 15 is 0 Å². The maximum Gasteiger partial charge on any atom is 0.332 e. The number of amides is 1. The summed E-state index contributed by atoms with van der Waals surface area (Å²) in [6.45, 7) is 6.96. The lowest BCUT2D eigenvalue weighted by Crippen LogP contribution is -2.53. The van der Waals surface area contributed by atoms with E-state index in [1.54, 1.807) is 13.8 Å². The predicted molar refractivity (Wildman–Crippen MR) is 202 cm³/mol. The lowest BCUT2D eigenvalue weighted by molar-refractivity contribution is -0.127. The largest absolute Gasteiger partial charge is 0.493 e. The third kappa shape index (κ3) is 8.36. The van der Waals surface area contributed by atoms with Crippen LogP contribution < -0.4 is 16.7 Å². The number of carbonyl (C=O) groups excluding carboxylic acids is 1. The number of nitrogens with one attached hydrogen (secondary N) is 1. The molecule has 52 heavy (non-hydrogen) atoms. The van der Waals surface area contributed by atoms with Gasteiger partial charge in [0.2, 0.25) is 21.8 Å². The second kappa shape index (κ2) is 15.9. The number of imidazole rings is 2. The second-order valence-electron chi connectivity index (χ2n) is 13.8. The van der Waals surface area contributed by atoms with Crippen LogP contribution in [-0.4, -0.2) is 72.8 Å². The molecule has 13 nitrogen and oxygen atoms in total. The average Bonchev–Trinajstić information content (AvgIpc) is 3.55. The van der Waals surface area contributed by atoms with E-state index in [1.165, 1.54) is 33.3 Å². The number of benzene rings is 3. The van der Waals surface area contributed by atoms with E-state index in [-0.39, 0.29) is 53.5 Å². The standard InChI is InChI=1S/C37H46ClN7O6S/c1-23(2)19-43(52(50,51)26-15-16-27(38)28(39)18-26)20-32(46)30(17-25-11-7-6-8-12-25)41-36(48)35(24(3)4)45-22-34(47)44(37(45)49)21-33-40-29-13-9-10-14-31(29)42(33)5/h6-16,18,22-24,30,32,35,46-47H,17,19-21,39H2,1-5H3,(H,41,48)/t30-,32+,35-/m0/s1. The highest BCUT2D eigenvalue weighted by atomic mass is 35.5. The van der Waals surface area contributed by atoms with Crippen molar-refractivity contribution in [1.29, 1.82) is 0 Å². The molecule has 278 valence electrons. The van der Waals surface area contributed by atoms with Crippen LogP contribution in [0.15, 0.2) is 88.7 Å². The fourth-order valence-electron chi connectivity index (χ4n) is 6.33. The minimum atomic E-state index is -4.14. The van der Waals surface area contributed by atoms with Gasteiger partial charge in [0.15, 0.2) is 0 Å². The zero-order chi connectivity index (χ0) is 37.9. The van der Waals surface area contributed by atoms with Crippen molar-refractivity contribution >= 4 is 44.3 Å². The Morgan fingerprint density at radius 1 is 1.02 bits per heavy atom. The van der Waals surface area contributed by atoms with Crippen molar-refractivity contribution in [2.45, 2.75) is 63.7 Å². The van der Waals surface area contributed by atoms with Gasteiger partial charge in [0.1, 0.15) is 11.9 Å². The van der Waals surface area contributed by atoms with Gasteiger partial charge in [0.25, 0.3) is 0 Å². The number of halogens is 1. The molecule has 0 unspecified atom stereocenters. The van der Waals surface area contributed by atoms with E-state index in [2.05, 4.69) is 10.3 Å². The van der Waals surface area contributed by atoms with Gasteiger partial charge in [0.05, 0.1) is 51.5 Å². The molecule has 5 N–H and O–H groups in total. The number of sulfonamides is 1. The van der Waals surface area contributed by atoms with Crippen LogP contribution >= 0.6 is 11.6 Å². The van der Waals surface area contributed by atoms with Crippen LogP contribution in [-0.2, 0) is 34.8 Å². The smallest absolute Gasteiger partial charge is 0.332 e. The first kappa shape index (κ1) is 38.6. The molecule has 0 bridgehead atoms. The Hall–Kier alpha value is -4.63. The van der Waals surface area contributed by atoms with Crippen LogP contribution in [0.1, 0.15) is 45.1 Å². The van der Waals surface area contributed by atoms with Crippen molar-refractivity contribution < 1.29 is 23.4 Å². The number of aromatic nitrogens is 4. The summed E-state index contributed by atoms with van der Waals surface area (Å²) < 4.78 is 33.1. The van der Waals surface area contributed by atoms with E-state index < -0.39 is 45.7 Å². The van der Waals surface area contributed by atoms with E-state index in [9.17, 15) is 28.2 Å². The van der Waals surface area contributed by atoms with Gasteiger partial charge in [-0.25, -0.2) is 18.2 Å². The summed E-state index contributed by atoms with van der Waals surface area (Å²) in [6, 6.07) is 18.7. The molecule has 0 aliphatic carbocycles. The number of aliphatic hydroxyl groups excluding tert-OH is 1. The van der Waals surface area contributed by atoms with E-state index in [4.69, 9.17) is 17.3 Å². The van der Waals surface area contributed by atoms with E-state index in [0.717, 1.165) is 21.2 Å². The van der Waals surface area contributed by atoms with Crippen molar-refractivity contribution in [3.05, 3.63) is 106 Å². The summed E-state index contributed by atoms with van der Waals surface area (Å²) in [5, 5.41) is 25.9.